The molecule has 1 aromatic carbocycles. The summed E-state index contributed by atoms with van der Waals surface area (Å²) in [5.41, 5.74) is 2.39. The van der Waals surface area contributed by atoms with Gasteiger partial charge in [0.15, 0.2) is 5.82 Å². The van der Waals surface area contributed by atoms with Crippen LogP contribution in [0.3, 0.4) is 0 Å². The van der Waals surface area contributed by atoms with Crippen LogP contribution in [-0.2, 0) is 4.74 Å². The van der Waals surface area contributed by atoms with Crippen LogP contribution in [0.1, 0.15) is 0 Å². The summed E-state index contributed by atoms with van der Waals surface area (Å²) >= 11 is 0. The van der Waals surface area contributed by atoms with Crippen LogP contribution >= 0.6 is 0 Å². The SMILES string of the molecule is Oc1ccc(-c2c(-n3ccnn3)cnn2-c2cc(N3CCOCC3)ncn2)cc1.[NaH]. The number of aromatic nitrogens is 7. The molecule has 30 heavy (non-hydrogen) atoms. The number of phenolic OH excluding ortho intramolecular Hbond substituents is 1. The van der Waals surface area contributed by atoms with Crippen molar-refractivity contribution < 1.29 is 9.84 Å². The molecule has 1 aliphatic heterocycles. The molecule has 4 aromatic rings. The molecule has 4 heterocycles. The third kappa shape index (κ3) is 3.94. The van der Waals surface area contributed by atoms with Crippen LogP contribution in [0.25, 0.3) is 22.8 Å². The fourth-order valence-corrected chi connectivity index (χ4v) is 3.33. The van der Waals surface area contributed by atoms with E-state index in [1.807, 2.05) is 18.2 Å². The van der Waals surface area contributed by atoms with Crippen molar-refractivity contribution in [2.45, 2.75) is 0 Å². The first-order valence-corrected chi connectivity index (χ1v) is 9.19. The molecule has 0 spiro atoms. The van der Waals surface area contributed by atoms with Crippen molar-refractivity contribution in [3.63, 3.8) is 0 Å². The van der Waals surface area contributed by atoms with Gasteiger partial charge in [-0.2, -0.15) is 5.10 Å². The van der Waals surface area contributed by atoms with Crippen LogP contribution in [0.5, 0.6) is 5.75 Å². The van der Waals surface area contributed by atoms with Crippen LogP contribution in [0.2, 0.25) is 0 Å². The van der Waals surface area contributed by atoms with E-state index in [0.29, 0.717) is 19.0 Å². The number of hydrogen-bond acceptors (Lipinski definition) is 8. The molecule has 0 atom stereocenters. The number of nitrogens with zero attached hydrogens (tertiary/aromatic N) is 8. The van der Waals surface area contributed by atoms with Crippen molar-refractivity contribution in [1.82, 2.24) is 34.7 Å². The van der Waals surface area contributed by atoms with Crippen LogP contribution in [0.15, 0.2) is 55.2 Å². The monoisotopic (exact) mass is 414 g/mol. The number of aromatic hydroxyl groups is 1. The van der Waals surface area contributed by atoms with Crippen LogP contribution in [0.4, 0.5) is 5.82 Å². The van der Waals surface area contributed by atoms with E-state index in [0.717, 1.165) is 35.9 Å². The topological polar surface area (TPSA) is 107 Å². The Morgan fingerprint density at radius 3 is 2.50 bits per heavy atom. The molecule has 1 aliphatic rings. The number of benzene rings is 1. The molecular formula is C19H19N8NaO2. The molecule has 3 aromatic heterocycles. The number of anilines is 1. The van der Waals surface area contributed by atoms with Crippen molar-refractivity contribution in [3.05, 3.63) is 55.2 Å². The average Bonchev–Trinajstić information content (AvgIpc) is 3.45. The van der Waals surface area contributed by atoms with E-state index in [4.69, 9.17) is 4.74 Å². The minimum atomic E-state index is 0. The molecule has 0 amide bonds. The van der Waals surface area contributed by atoms with E-state index in [-0.39, 0.29) is 35.3 Å². The normalized spacial score (nSPS) is 13.8. The average molecular weight is 414 g/mol. The Morgan fingerprint density at radius 1 is 1.00 bits per heavy atom. The molecule has 0 bridgehead atoms. The molecule has 10 nitrogen and oxygen atoms in total. The fourth-order valence-electron chi connectivity index (χ4n) is 3.33. The minimum absolute atomic E-state index is 0. The first-order chi connectivity index (χ1) is 14.3. The van der Waals surface area contributed by atoms with Crippen molar-refractivity contribution in [3.8, 4) is 28.5 Å². The first-order valence-electron chi connectivity index (χ1n) is 9.19. The Kier molecular flexibility index (Phi) is 6.09. The molecule has 1 fully saturated rings. The summed E-state index contributed by atoms with van der Waals surface area (Å²) in [6.07, 6.45) is 6.62. The second-order valence-electron chi connectivity index (χ2n) is 6.52. The zero-order chi connectivity index (χ0) is 19.6. The molecule has 148 valence electrons. The Morgan fingerprint density at radius 2 is 1.77 bits per heavy atom. The first kappa shape index (κ1) is 20.5. The van der Waals surface area contributed by atoms with Crippen molar-refractivity contribution in [1.29, 1.82) is 0 Å². The quantitative estimate of drug-likeness (QED) is 0.489. The van der Waals surface area contributed by atoms with E-state index >= 15 is 0 Å². The summed E-state index contributed by atoms with van der Waals surface area (Å²) in [7, 11) is 0. The Bertz CT molecular complexity index is 1110. The standard InChI is InChI=1S/C19H18N8O2.Na.H/c28-15-3-1-14(2-4-15)19-16(26-6-5-22-24-26)12-23-27(19)18-11-17(20-13-21-18)25-7-9-29-10-8-25;;/h1-6,11-13,28H,7-10H2;;. The zero-order valence-corrected chi connectivity index (χ0v) is 15.5. The molecule has 1 N–H and O–H groups in total. The van der Waals surface area contributed by atoms with Gasteiger partial charge in [0.25, 0.3) is 0 Å². The Hall–Kier alpha value is -2.79. The third-order valence-corrected chi connectivity index (χ3v) is 4.75. The number of phenols is 1. The second kappa shape index (κ2) is 8.92. The van der Waals surface area contributed by atoms with E-state index in [2.05, 4.69) is 30.3 Å². The maximum absolute atomic E-state index is 9.69. The van der Waals surface area contributed by atoms with Gasteiger partial charge < -0.3 is 14.7 Å². The second-order valence-corrected chi connectivity index (χ2v) is 6.52. The summed E-state index contributed by atoms with van der Waals surface area (Å²) in [5, 5.41) is 22.2. The molecule has 0 aliphatic carbocycles. The van der Waals surface area contributed by atoms with E-state index in [1.165, 1.54) is 6.33 Å². The summed E-state index contributed by atoms with van der Waals surface area (Å²) < 4.78 is 8.82. The van der Waals surface area contributed by atoms with Crippen LogP contribution < -0.4 is 4.90 Å². The van der Waals surface area contributed by atoms with Gasteiger partial charge in [-0.3, -0.25) is 0 Å². The summed E-state index contributed by atoms with van der Waals surface area (Å²) in [4.78, 5) is 11.0. The van der Waals surface area contributed by atoms with Gasteiger partial charge in [0.1, 0.15) is 29.3 Å². The van der Waals surface area contributed by atoms with Gasteiger partial charge in [-0.05, 0) is 24.3 Å². The van der Waals surface area contributed by atoms with Crippen molar-refractivity contribution in [2.24, 2.45) is 0 Å². The number of hydrogen-bond donors (Lipinski definition) is 1. The molecular weight excluding hydrogens is 395 g/mol. The van der Waals surface area contributed by atoms with Crippen molar-refractivity contribution in [2.75, 3.05) is 31.2 Å². The molecule has 5 rings (SSSR count). The third-order valence-electron chi connectivity index (χ3n) is 4.75. The van der Waals surface area contributed by atoms with Gasteiger partial charge in [-0.25, -0.2) is 19.3 Å². The number of ether oxygens (including phenoxy) is 1. The van der Waals surface area contributed by atoms with Crippen molar-refractivity contribution >= 4 is 35.4 Å². The van der Waals surface area contributed by atoms with Gasteiger partial charge >= 0.3 is 29.6 Å². The summed E-state index contributed by atoms with van der Waals surface area (Å²) in [6.45, 7) is 2.92. The van der Waals surface area contributed by atoms with Gasteiger partial charge in [0.2, 0.25) is 0 Å². The molecule has 0 unspecified atom stereocenters. The number of rotatable bonds is 4. The molecule has 0 saturated carbocycles. The molecule has 11 heteroatoms. The predicted molar refractivity (Wildman–Crippen MR) is 111 cm³/mol. The Labute approximate surface area is 194 Å². The summed E-state index contributed by atoms with van der Waals surface area (Å²) in [5.74, 6) is 1.66. The maximum atomic E-state index is 9.69. The zero-order valence-electron chi connectivity index (χ0n) is 15.5. The summed E-state index contributed by atoms with van der Waals surface area (Å²) in [6, 6.07) is 8.84. The fraction of sp³-hybridized carbons (Fsp3) is 0.211. The van der Waals surface area contributed by atoms with Crippen LogP contribution in [0, 0.1) is 0 Å². The number of morpholine rings is 1. The van der Waals surface area contributed by atoms with Gasteiger partial charge in [0, 0.05) is 24.7 Å². The van der Waals surface area contributed by atoms with E-state index < -0.39 is 0 Å². The van der Waals surface area contributed by atoms with Crippen LogP contribution in [-0.4, -0.2) is 95.7 Å². The van der Waals surface area contributed by atoms with Gasteiger partial charge in [-0.1, -0.05) is 5.21 Å². The molecule has 0 radical (unpaired) electrons. The van der Waals surface area contributed by atoms with E-state index in [9.17, 15) is 5.11 Å². The van der Waals surface area contributed by atoms with E-state index in [1.54, 1.807) is 40.1 Å². The van der Waals surface area contributed by atoms with Gasteiger partial charge in [0.05, 0.1) is 31.8 Å². The Balaban J connectivity index is 0.00000218. The predicted octanol–water partition coefficient (Wildman–Crippen LogP) is 0.804. The molecule has 1 saturated heterocycles. The van der Waals surface area contributed by atoms with Gasteiger partial charge in [-0.15, -0.1) is 5.10 Å².